The smallest absolute Gasteiger partial charge is 0.0414 e. The number of benzene rings is 1. The second kappa shape index (κ2) is 6.79. The average Bonchev–Trinajstić information content (AvgIpc) is 2.32. The number of allylic oxidation sites excluding steroid dienone is 1. The van der Waals surface area contributed by atoms with Gasteiger partial charge < -0.3 is 5.32 Å². The van der Waals surface area contributed by atoms with Crippen LogP contribution in [0.3, 0.4) is 0 Å². The summed E-state index contributed by atoms with van der Waals surface area (Å²) in [5, 5.41) is 3.46. The Morgan fingerprint density at radius 1 is 1.16 bits per heavy atom. The monoisotopic (exact) mass is 259 g/mol. The van der Waals surface area contributed by atoms with E-state index in [-0.39, 0.29) is 0 Å². The number of rotatable bonds is 6. The van der Waals surface area contributed by atoms with Gasteiger partial charge in [0.15, 0.2) is 0 Å². The van der Waals surface area contributed by atoms with Gasteiger partial charge in [-0.1, -0.05) is 53.3 Å². The largest absolute Gasteiger partial charge is 0.359 e. The molecule has 106 valence electrons. The van der Waals surface area contributed by atoms with E-state index in [9.17, 15) is 0 Å². The maximum atomic E-state index is 4.10. The predicted octanol–water partition coefficient (Wildman–Crippen LogP) is 5.41. The van der Waals surface area contributed by atoms with Gasteiger partial charge in [-0.2, -0.15) is 0 Å². The molecule has 1 N–H and O–H groups in total. The van der Waals surface area contributed by atoms with Gasteiger partial charge in [-0.3, -0.25) is 0 Å². The molecular weight excluding hydrogens is 230 g/mol. The van der Waals surface area contributed by atoms with Gasteiger partial charge in [-0.25, -0.2) is 0 Å². The van der Waals surface area contributed by atoms with Crippen molar-refractivity contribution >= 4 is 5.69 Å². The van der Waals surface area contributed by atoms with E-state index < -0.39 is 0 Å². The number of nitrogens with one attached hydrogen (secondary N) is 1. The lowest BCUT2D eigenvalue weighted by Gasteiger charge is -2.18. The van der Waals surface area contributed by atoms with Crippen molar-refractivity contribution < 1.29 is 0 Å². The Morgan fingerprint density at radius 3 is 2.32 bits per heavy atom. The molecule has 1 aromatic rings. The van der Waals surface area contributed by atoms with Crippen molar-refractivity contribution in [2.75, 3.05) is 5.32 Å². The van der Waals surface area contributed by atoms with Gasteiger partial charge in [0.25, 0.3) is 0 Å². The Balaban J connectivity index is 2.85. The van der Waals surface area contributed by atoms with Gasteiger partial charge in [-0.05, 0) is 48.3 Å². The summed E-state index contributed by atoms with van der Waals surface area (Å²) in [6.45, 7) is 17.5. The molecule has 0 saturated heterocycles. The van der Waals surface area contributed by atoms with Gasteiger partial charge in [-0.15, -0.1) is 0 Å². The Kier molecular flexibility index (Phi) is 5.65. The van der Waals surface area contributed by atoms with E-state index in [2.05, 4.69) is 71.6 Å². The molecule has 1 unspecified atom stereocenters. The van der Waals surface area contributed by atoms with Gasteiger partial charge in [0.1, 0.15) is 0 Å². The standard InChI is InChI=1S/C18H29N/c1-12(2)15(6)10-17-9-8-14(5)18(11-17)19-16(7)13(3)4/h8-9,11-13,15,19H,7,10H2,1-6H3. The molecule has 1 aromatic carbocycles. The van der Waals surface area contributed by atoms with Crippen LogP contribution in [0.4, 0.5) is 5.69 Å². The molecule has 0 spiro atoms. The summed E-state index contributed by atoms with van der Waals surface area (Å²) in [6, 6.07) is 6.73. The van der Waals surface area contributed by atoms with Crippen molar-refractivity contribution in [2.45, 2.75) is 48.0 Å². The first-order valence-electron chi connectivity index (χ1n) is 7.36. The molecular formula is C18H29N. The van der Waals surface area contributed by atoms with Gasteiger partial charge >= 0.3 is 0 Å². The molecule has 0 radical (unpaired) electrons. The first-order chi connectivity index (χ1) is 8.81. The quantitative estimate of drug-likeness (QED) is 0.720. The van der Waals surface area contributed by atoms with Crippen LogP contribution in [-0.2, 0) is 6.42 Å². The highest BCUT2D eigenvalue weighted by Gasteiger charge is 2.10. The normalized spacial score (nSPS) is 12.8. The van der Waals surface area contributed by atoms with E-state index in [0.29, 0.717) is 11.8 Å². The predicted molar refractivity (Wildman–Crippen MR) is 86.5 cm³/mol. The summed E-state index contributed by atoms with van der Waals surface area (Å²) in [7, 11) is 0. The molecule has 0 aliphatic rings. The molecule has 0 amide bonds. The third-order valence-electron chi connectivity index (χ3n) is 3.99. The molecule has 0 saturated carbocycles. The Morgan fingerprint density at radius 2 is 1.79 bits per heavy atom. The summed E-state index contributed by atoms with van der Waals surface area (Å²) >= 11 is 0. The van der Waals surface area contributed by atoms with E-state index >= 15 is 0 Å². The van der Waals surface area contributed by atoms with E-state index in [1.807, 2.05) is 0 Å². The summed E-state index contributed by atoms with van der Waals surface area (Å²) in [5.41, 5.74) is 4.97. The first-order valence-corrected chi connectivity index (χ1v) is 7.36. The molecule has 1 nitrogen and oxygen atoms in total. The number of anilines is 1. The molecule has 1 atom stereocenters. The van der Waals surface area contributed by atoms with Crippen LogP contribution >= 0.6 is 0 Å². The number of hydrogen-bond acceptors (Lipinski definition) is 1. The number of aryl methyl sites for hydroxylation is 1. The lowest BCUT2D eigenvalue weighted by atomic mass is 9.90. The minimum atomic E-state index is 0.456. The van der Waals surface area contributed by atoms with Crippen LogP contribution in [0.2, 0.25) is 0 Å². The van der Waals surface area contributed by atoms with E-state index in [0.717, 1.165) is 18.0 Å². The first kappa shape index (κ1) is 15.8. The molecule has 1 heteroatoms. The van der Waals surface area contributed by atoms with E-state index in [4.69, 9.17) is 0 Å². The van der Waals surface area contributed by atoms with Crippen molar-refractivity contribution in [1.29, 1.82) is 0 Å². The Labute approximate surface area is 119 Å². The van der Waals surface area contributed by atoms with Crippen molar-refractivity contribution in [1.82, 2.24) is 0 Å². The fourth-order valence-electron chi connectivity index (χ4n) is 1.86. The molecule has 19 heavy (non-hydrogen) atoms. The fourth-order valence-corrected chi connectivity index (χ4v) is 1.86. The van der Waals surface area contributed by atoms with Crippen LogP contribution in [0, 0.1) is 24.7 Å². The highest BCUT2D eigenvalue weighted by atomic mass is 14.9. The molecule has 0 aromatic heterocycles. The fraction of sp³-hybridized carbons (Fsp3) is 0.556. The summed E-state index contributed by atoms with van der Waals surface area (Å²) in [4.78, 5) is 0. The maximum absolute atomic E-state index is 4.10. The zero-order valence-electron chi connectivity index (χ0n) is 13.4. The maximum Gasteiger partial charge on any atom is 0.0414 e. The van der Waals surface area contributed by atoms with Crippen molar-refractivity contribution in [2.24, 2.45) is 17.8 Å². The van der Waals surface area contributed by atoms with Gasteiger partial charge in [0.2, 0.25) is 0 Å². The van der Waals surface area contributed by atoms with Crippen molar-refractivity contribution in [3.8, 4) is 0 Å². The van der Waals surface area contributed by atoms with Crippen molar-refractivity contribution in [3.63, 3.8) is 0 Å². The molecule has 0 heterocycles. The second-order valence-corrected chi connectivity index (χ2v) is 6.38. The second-order valence-electron chi connectivity index (χ2n) is 6.38. The lowest BCUT2D eigenvalue weighted by Crippen LogP contribution is -2.09. The lowest BCUT2D eigenvalue weighted by molar-refractivity contribution is 0.417. The Hall–Kier alpha value is -1.24. The van der Waals surface area contributed by atoms with E-state index in [1.54, 1.807) is 0 Å². The molecule has 0 fully saturated rings. The zero-order chi connectivity index (χ0) is 14.6. The average molecular weight is 259 g/mol. The highest BCUT2D eigenvalue weighted by Crippen LogP contribution is 2.23. The highest BCUT2D eigenvalue weighted by molar-refractivity contribution is 5.56. The summed E-state index contributed by atoms with van der Waals surface area (Å²) in [5.74, 6) is 1.89. The van der Waals surface area contributed by atoms with Crippen LogP contribution in [0.15, 0.2) is 30.5 Å². The molecule has 0 bridgehead atoms. The van der Waals surface area contributed by atoms with E-state index in [1.165, 1.54) is 16.8 Å². The minimum absolute atomic E-state index is 0.456. The topological polar surface area (TPSA) is 12.0 Å². The third kappa shape index (κ3) is 4.74. The van der Waals surface area contributed by atoms with Gasteiger partial charge in [0.05, 0.1) is 0 Å². The SMILES string of the molecule is C=C(Nc1cc(CC(C)C(C)C)ccc1C)C(C)C. The van der Waals surface area contributed by atoms with Crippen LogP contribution in [0.5, 0.6) is 0 Å². The van der Waals surface area contributed by atoms with Crippen LogP contribution in [0.25, 0.3) is 0 Å². The van der Waals surface area contributed by atoms with Crippen molar-refractivity contribution in [3.05, 3.63) is 41.6 Å². The van der Waals surface area contributed by atoms with Crippen LogP contribution in [-0.4, -0.2) is 0 Å². The molecule has 1 rings (SSSR count). The van der Waals surface area contributed by atoms with Gasteiger partial charge in [0, 0.05) is 11.4 Å². The summed E-state index contributed by atoms with van der Waals surface area (Å²) < 4.78 is 0. The van der Waals surface area contributed by atoms with Crippen LogP contribution < -0.4 is 5.32 Å². The zero-order valence-corrected chi connectivity index (χ0v) is 13.4. The summed E-state index contributed by atoms with van der Waals surface area (Å²) in [6.07, 6.45) is 1.14. The molecule has 0 aliphatic heterocycles. The number of hydrogen-bond donors (Lipinski definition) is 1. The van der Waals surface area contributed by atoms with Crippen LogP contribution in [0.1, 0.15) is 45.7 Å². The molecule has 0 aliphatic carbocycles. The Bertz CT molecular complexity index is 429. The minimum Gasteiger partial charge on any atom is -0.359 e. The third-order valence-corrected chi connectivity index (χ3v) is 3.99.